The van der Waals surface area contributed by atoms with Crippen LogP contribution < -0.4 is 4.74 Å². The van der Waals surface area contributed by atoms with E-state index in [1.165, 1.54) is 50.5 Å². The SMILES string of the molecule is CCCCCCCCCCOc1ccc(CCC#N)cc1. The monoisotopic (exact) mass is 287 g/mol. The van der Waals surface area contributed by atoms with Crippen LogP contribution in [0.15, 0.2) is 24.3 Å². The molecule has 0 radical (unpaired) electrons. The highest BCUT2D eigenvalue weighted by Gasteiger charge is 1.96. The third-order valence-electron chi connectivity index (χ3n) is 3.72. The molecule has 0 aliphatic rings. The van der Waals surface area contributed by atoms with Gasteiger partial charge in [0.1, 0.15) is 5.75 Å². The zero-order valence-corrected chi connectivity index (χ0v) is 13.4. The molecular weight excluding hydrogens is 258 g/mol. The van der Waals surface area contributed by atoms with E-state index < -0.39 is 0 Å². The number of ether oxygens (including phenoxy) is 1. The van der Waals surface area contributed by atoms with Crippen molar-refractivity contribution in [2.45, 2.75) is 71.1 Å². The van der Waals surface area contributed by atoms with Gasteiger partial charge in [-0.25, -0.2) is 0 Å². The molecule has 2 heteroatoms. The van der Waals surface area contributed by atoms with Gasteiger partial charge in [-0.15, -0.1) is 0 Å². The molecule has 0 saturated carbocycles. The number of nitriles is 1. The summed E-state index contributed by atoms with van der Waals surface area (Å²) in [5.74, 6) is 0.943. The maximum atomic E-state index is 8.55. The van der Waals surface area contributed by atoms with E-state index in [9.17, 15) is 0 Å². The Hall–Kier alpha value is -1.49. The Bertz CT molecular complexity index is 391. The number of hydrogen-bond acceptors (Lipinski definition) is 2. The minimum Gasteiger partial charge on any atom is -0.494 e. The highest BCUT2D eigenvalue weighted by molar-refractivity contribution is 5.27. The predicted octanol–water partition coefficient (Wildman–Crippen LogP) is 5.66. The lowest BCUT2D eigenvalue weighted by Crippen LogP contribution is -1.97. The molecule has 0 unspecified atom stereocenters. The van der Waals surface area contributed by atoms with Crippen LogP contribution in [-0.4, -0.2) is 6.61 Å². The maximum Gasteiger partial charge on any atom is 0.119 e. The van der Waals surface area contributed by atoms with Crippen molar-refractivity contribution in [2.75, 3.05) is 6.61 Å². The molecule has 0 spiro atoms. The highest BCUT2D eigenvalue weighted by Crippen LogP contribution is 2.14. The van der Waals surface area contributed by atoms with Crippen LogP contribution in [0, 0.1) is 11.3 Å². The molecular formula is C19H29NO. The Morgan fingerprint density at radius 1 is 0.905 bits per heavy atom. The van der Waals surface area contributed by atoms with Crippen LogP contribution in [0.2, 0.25) is 0 Å². The van der Waals surface area contributed by atoms with Gasteiger partial charge in [-0.05, 0) is 30.5 Å². The Labute approximate surface area is 130 Å². The second kappa shape index (κ2) is 12.3. The number of hydrogen-bond donors (Lipinski definition) is 0. The smallest absolute Gasteiger partial charge is 0.119 e. The molecule has 0 aliphatic carbocycles. The maximum absolute atomic E-state index is 8.55. The molecule has 0 bridgehead atoms. The van der Waals surface area contributed by atoms with Crippen LogP contribution in [-0.2, 0) is 6.42 Å². The van der Waals surface area contributed by atoms with Gasteiger partial charge in [0, 0.05) is 6.42 Å². The van der Waals surface area contributed by atoms with Gasteiger partial charge >= 0.3 is 0 Å². The van der Waals surface area contributed by atoms with E-state index >= 15 is 0 Å². The fraction of sp³-hybridized carbons (Fsp3) is 0.632. The minimum absolute atomic E-state index is 0.582. The molecule has 116 valence electrons. The Kier molecular flexibility index (Phi) is 10.3. The lowest BCUT2D eigenvalue weighted by Gasteiger charge is -2.07. The van der Waals surface area contributed by atoms with E-state index in [2.05, 4.69) is 25.1 Å². The van der Waals surface area contributed by atoms with E-state index in [0.717, 1.165) is 25.2 Å². The molecule has 0 aliphatic heterocycles. The normalized spacial score (nSPS) is 10.3. The highest BCUT2D eigenvalue weighted by atomic mass is 16.5. The van der Waals surface area contributed by atoms with Crippen LogP contribution in [0.25, 0.3) is 0 Å². The summed E-state index contributed by atoms with van der Waals surface area (Å²) in [7, 11) is 0. The van der Waals surface area contributed by atoms with Crippen molar-refractivity contribution in [3.8, 4) is 11.8 Å². The lowest BCUT2D eigenvalue weighted by molar-refractivity contribution is 0.304. The molecule has 1 aromatic carbocycles. The van der Waals surface area contributed by atoms with Gasteiger partial charge in [0.2, 0.25) is 0 Å². The van der Waals surface area contributed by atoms with Crippen molar-refractivity contribution in [1.82, 2.24) is 0 Å². The van der Waals surface area contributed by atoms with Crippen molar-refractivity contribution >= 4 is 0 Å². The fourth-order valence-corrected chi connectivity index (χ4v) is 2.38. The first kappa shape index (κ1) is 17.6. The summed E-state index contributed by atoms with van der Waals surface area (Å²) in [6.07, 6.45) is 12.0. The molecule has 0 atom stereocenters. The Morgan fingerprint density at radius 3 is 2.14 bits per heavy atom. The van der Waals surface area contributed by atoms with Crippen molar-refractivity contribution in [3.05, 3.63) is 29.8 Å². The van der Waals surface area contributed by atoms with E-state index in [-0.39, 0.29) is 0 Å². The van der Waals surface area contributed by atoms with Crippen molar-refractivity contribution in [3.63, 3.8) is 0 Å². The second-order valence-electron chi connectivity index (χ2n) is 5.63. The zero-order valence-electron chi connectivity index (χ0n) is 13.4. The quantitative estimate of drug-likeness (QED) is 0.464. The standard InChI is InChI=1S/C19H29NO/c1-2-3-4-5-6-7-8-9-17-21-19-14-12-18(13-15-19)11-10-16-20/h12-15H,2-11,17H2,1H3. The Balaban J connectivity index is 2.01. The first-order valence-corrected chi connectivity index (χ1v) is 8.45. The average molecular weight is 287 g/mol. The largest absolute Gasteiger partial charge is 0.494 e. The number of unbranched alkanes of at least 4 members (excludes halogenated alkanes) is 7. The average Bonchev–Trinajstić information content (AvgIpc) is 2.52. The minimum atomic E-state index is 0.582. The first-order valence-electron chi connectivity index (χ1n) is 8.45. The van der Waals surface area contributed by atoms with Crippen LogP contribution in [0.4, 0.5) is 0 Å². The summed E-state index contributed by atoms with van der Waals surface area (Å²) in [6, 6.07) is 10.3. The molecule has 0 fully saturated rings. The lowest BCUT2D eigenvalue weighted by atomic mass is 10.1. The molecule has 21 heavy (non-hydrogen) atoms. The molecule has 0 saturated heterocycles. The molecule has 0 amide bonds. The molecule has 1 aromatic rings. The first-order chi connectivity index (χ1) is 10.4. The summed E-state index contributed by atoms with van der Waals surface area (Å²) in [4.78, 5) is 0. The van der Waals surface area contributed by atoms with Crippen LogP contribution in [0.5, 0.6) is 5.75 Å². The second-order valence-corrected chi connectivity index (χ2v) is 5.63. The van der Waals surface area contributed by atoms with Gasteiger partial charge in [0.05, 0.1) is 12.7 Å². The van der Waals surface area contributed by atoms with E-state index in [1.54, 1.807) is 0 Å². The molecule has 0 heterocycles. The molecule has 0 N–H and O–H groups in total. The summed E-state index contributed by atoms with van der Waals surface area (Å²) in [5, 5.41) is 8.55. The van der Waals surface area contributed by atoms with Gasteiger partial charge in [0.25, 0.3) is 0 Å². The third-order valence-corrected chi connectivity index (χ3v) is 3.72. The third kappa shape index (κ3) is 9.13. The van der Waals surface area contributed by atoms with Crippen molar-refractivity contribution < 1.29 is 4.74 Å². The number of nitrogens with zero attached hydrogens (tertiary/aromatic N) is 1. The van der Waals surface area contributed by atoms with Gasteiger partial charge in [-0.3, -0.25) is 0 Å². The summed E-state index contributed by atoms with van der Waals surface area (Å²) < 4.78 is 5.75. The van der Waals surface area contributed by atoms with Crippen LogP contribution in [0.1, 0.15) is 70.3 Å². The Morgan fingerprint density at radius 2 is 1.52 bits per heavy atom. The zero-order chi connectivity index (χ0) is 15.2. The van der Waals surface area contributed by atoms with Crippen LogP contribution in [0.3, 0.4) is 0 Å². The van der Waals surface area contributed by atoms with Gasteiger partial charge < -0.3 is 4.74 Å². The van der Waals surface area contributed by atoms with E-state index in [0.29, 0.717) is 6.42 Å². The number of benzene rings is 1. The number of aryl methyl sites for hydroxylation is 1. The number of rotatable bonds is 12. The van der Waals surface area contributed by atoms with Crippen molar-refractivity contribution in [2.24, 2.45) is 0 Å². The van der Waals surface area contributed by atoms with Gasteiger partial charge in [-0.2, -0.15) is 5.26 Å². The van der Waals surface area contributed by atoms with E-state index in [4.69, 9.17) is 10.00 Å². The predicted molar refractivity (Wildman–Crippen MR) is 88.5 cm³/mol. The van der Waals surface area contributed by atoms with Crippen molar-refractivity contribution in [1.29, 1.82) is 5.26 Å². The molecule has 1 rings (SSSR count). The van der Waals surface area contributed by atoms with Gasteiger partial charge in [-0.1, -0.05) is 64.0 Å². The summed E-state index contributed by atoms with van der Waals surface area (Å²) in [6.45, 7) is 3.07. The summed E-state index contributed by atoms with van der Waals surface area (Å²) in [5.41, 5.74) is 1.20. The summed E-state index contributed by atoms with van der Waals surface area (Å²) >= 11 is 0. The van der Waals surface area contributed by atoms with Crippen LogP contribution >= 0.6 is 0 Å². The molecule has 0 aromatic heterocycles. The van der Waals surface area contributed by atoms with E-state index in [1.807, 2.05) is 12.1 Å². The van der Waals surface area contributed by atoms with Gasteiger partial charge in [0.15, 0.2) is 0 Å². The fourth-order valence-electron chi connectivity index (χ4n) is 2.38. The molecule has 2 nitrogen and oxygen atoms in total. The topological polar surface area (TPSA) is 33.0 Å².